The van der Waals surface area contributed by atoms with Crippen LogP contribution in [0.15, 0.2) is 54.6 Å². The normalized spacial score (nSPS) is 18.7. The maximum Gasteiger partial charge on any atom is 0.329 e. The summed E-state index contributed by atoms with van der Waals surface area (Å²) in [4.78, 5) is 38.1. The van der Waals surface area contributed by atoms with Gasteiger partial charge < -0.3 is 9.64 Å². The van der Waals surface area contributed by atoms with Crippen LogP contribution < -0.4 is 0 Å². The Labute approximate surface area is 173 Å². The molecule has 1 aliphatic rings. The van der Waals surface area contributed by atoms with Crippen LogP contribution in [0.25, 0.3) is 0 Å². The van der Waals surface area contributed by atoms with Crippen LogP contribution >= 0.6 is 11.8 Å². The molecule has 0 bridgehead atoms. The van der Waals surface area contributed by atoms with E-state index in [2.05, 4.69) is 0 Å². The molecule has 1 fully saturated rings. The van der Waals surface area contributed by atoms with Crippen molar-refractivity contribution >= 4 is 29.3 Å². The van der Waals surface area contributed by atoms with E-state index in [0.717, 1.165) is 5.56 Å². The number of esters is 1. The Hall–Kier alpha value is -2.87. The van der Waals surface area contributed by atoms with Gasteiger partial charge in [0, 0.05) is 23.4 Å². The average Bonchev–Trinajstić information content (AvgIpc) is 3.17. The van der Waals surface area contributed by atoms with Crippen LogP contribution in [0.2, 0.25) is 0 Å². The van der Waals surface area contributed by atoms with Crippen molar-refractivity contribution in [3.8, 4) is 0 Å². The lowest BCUT2D eigenvalue weighted by Gasteiger charge is -2.28. The third-order valence-corrected chi connectivity index (χ3v) is 5.78. The Kier molecular flexibility index (Phi) is 6.53. The molecule has 2 aromatic carbocycles. The molecule has 29 heavy (non-hydrogen) atoms. The molecule has 0 saturated carbocycles. The van der Waals surface area contributed by atoms with Gasteiger partial charge in [-0.05, 0) is 17.5 Å². The van der Waals surface area contributed by atoms with Crippen LogP contribution in [-0.2, 0) is 9.53 Å². The maximum absolute atomic E-state index is 13.3. The van der Waals surface area contributed by atoms with E-state index in [1.165, 1.54) is 40.9 Å². The minimum absolute atomic E-state index is 0.169. The third kappa shape index (κ3) is 4.76. The second-order valence-electron chi connectivity index (χ2n) is 7.16. The van der Waals surface area contributed by atoms with Gasteiger partial charge in [0.1, 0.15) is 11.4 Å². The van der Waals surface area contributed by atoms with E-state index in [9.17, 15) is 19.7 Å². The molecule has 0 aliphatic carbocycles. The van der Waals surface area contributed by atoms with Crippen LogP contribution in [0.4, 0.5) is 5.69 Å². The summed E-state index contributed by atoms with van der Waals surface area (Å²) in [6.45, 7) is 4.15. The summed E-state index contributed by atoms with van der Waals surface area (Å²) in [6.07, 6.45) is 0. The number of hydrogen-bond donors (Lipinski definition) is 0. The summed E-state index contributed by atoms with van der Waals surface area (Å²) in [5.41, 5.74) is 0.887. The maximum atomic E-state index is 13.3. The number of hydrogen-bond acceptors (Lipinski definition) is 6. The molecule has 1 saturated heterocycles. The number of carbonyl (C=O) groups is 2. The lowest BCUT2D eigenvalue weighted by molar-refractivity contribution is -0.384. The van der Waals surface area contributed by atoms with Gasteiger partial charge in [0.05, 0.1) is 11.5 Å². The number of carbonyl (C=O) groups excluding carboxylic acids is 2. The highest BCUT2D eigenvalue weighted by Gasteiger charge is 2.43. The largest absolute Gasteiger partial charge is 0.464 e. The fraction of sp³-hybridized carbons (Fsp3) is 0.333. The summed E-state index contributed by atoms with van der Waals surface area (Å²) in [5, 5.41) is 10.7. The van der Waals surface area contributed by atoms with Gasteiger partial charge in [0.25, 0.3) is 11.6 Å². The third-order valence-electron chi connectivity index (χ3n) is 4.45. The minimum Gasteiger partial charge on any atom is -0.464 e. The topological polar surface area (TPSA) is 89.8 Å². The van der Waals surface area contributed by atoms with Crippen molar-refractivity contribution < 1.29 is 19.2 Å². The van der Waals surface area contributed by atoms with E-state index in [0.29, 0.717) is 5.75 Å². The Morgan fingerprint density at radius 3 is 2.59 bits per heavy atom. The summed E-state index contributed by atoms with van der Waals surface area (Å²) in [5.74, 6) is -0.307. The number of ether oxygens (including phenoxy) is 1. The van der Waals surface area contributed by atoms with Crippen molar-refractivity contribution in [2.45, 2.75) is 25.3 Å². The number of nitro benzene ring substituents is 1. The first-order chi connectivity index (χ1) is 13.9. The second kappa shape index (κ2) is 9.09. The molecule has 2 unspecified atom stereocenters. The SMILES string of the molecule is CC(C)COC(=O)C1CSC(c2ccccc2)N1C(=O)c1cccc([N+](=O)[O-])c1. The smallest absolute Gasteiger partial charge is 0.329 e. The highest BCUT2D eigenvalue weighted by Crippen LogP contribution is 2.42. The Bertz CT molecular complexity index is 903. The van der Waals surface area contributed by atoms with Crippen molar-refractivity contribution in [2.75, 3.05) is 12.4 Å². The fourth-order valence-corrected chi connectivity index (χ4v) is 4.47. The Morgan fingerprint density at radius 1 is 1.21 bits per heavy atom. The molecule has 1 heterocycles. The van der Waals surface area contributed by atoms with Crippen molar-refractivity contribution in [1.29, 1.82) is 0 Å². The van der Waals surface area contributed by atoms with E-state index < -0.39 is 22.8 Å². The van der Waals surface area contributed by atoms with Gasteiger partial charge in [-0.2, -0.15) is 0 Å². The molecular weight excluding hydrogens is 392 g/mol. The highest BCUT2D eigenvalue weighted by molar-refractivity contribution is 7.99. The summed E-state index contributed by atoms with van der Waals surface area (Å²) in [6, 6.07) is 14.2. The predicted octanol–water partition coefficient (Wildman–Crippen LogP) is 4.05. The molecule has 0 N–H and O–H groups in total. The highest BCUT2D eigenvalue weighted by atomic mass is 32.2. The van der Waals surface area contributed by atoms with E-state index in [-0.39, 0.29) is 29.1 Å². The molecule has 2 aromatic rings. The summed E-state index contributed by atoms with van der Waals surface area (Å²) < 4.78 is 5.40. The number of amides is 1. The number of non-ortho nitro benzene ring substituents is 1. The van der Waals surface area contributed by atoms with Crippen LogP contribution in [0.1, 0.15) is 35.1 Å². The molecule has 1 aliphatic heterocycles. The first-order valence-electron chi connectivity index (χ1n) is 9.28. The minimum atomic E-state index is -0.754. The van der Waals surface area contributed by atoms with Gasteiger partial charge in [-0.3, -0.25) is 14.9 Å². The van der Waals surface area contributed by atoms with Crippen molar-refractivity contribution in [1.82, 2.24) is 4.90 Å². The van der Waals surface area contributed by atoms with Crippen molar-refractivity contribution in [3.63, 3.8) is 0 Å². The first-order valence-corrected chi connectivity index (χ1v) is 10.3. The van der Waals surface area contributed by atoms with Gasteiger partial charge in [0.15, 0.2) is 0 Å². The fourth-order valence-electron chi connectivity index (χ4n) is 3.06. The Morgan fingerprint density at radius 2 is 1.93 bits per heavy atom. The molecule has 0 spiro atoms. The molecular formula is C21H22N2O5S. The molecule has 152 valence electrons. The standard InChI is InChI=1S/C21H22N2O5S/c1-14(2)12-28-21(25)18-13-29-20(15-7-4-3-5-8-15)22(18)19(24)16-9-6-10-17(11-16)23(26)27/h3-11,14,18,20H,12-13H2,1-2H3. The van der Waals surface area contributed by atoms with E-state index >= 15 is 0 Å². The molecule has 8 heteroatoms. The van der Waals surface area contributed by atoms with Gasteiger partial charge in [-0.15, -0.1) is 11.8 Å². The zero-order valence-corrected chi connectivity index (χ0v) is 17.0. The van der Waals surface area contributed by atoms with Crippen molar-refractivity contribution in [3.05, 3.63) is 75.8 Å². The summed E-state index contributed by atoms with van der Waals surface area (Å²) in [7, 11) is 0. The van der Waals surface area contributed by atoms with Crippen LogP contribution in [-0.4, -0.2) is 40.1 Å². The zero-order valence-electron chi connectivity index (χ0n) is 16.2. The second-order valence-corrected chi connectivity index (χ2v) is 8.27. The van der Waals surface area contributed by atoms with E-state index in [1.54, 1.807) is 0 Å². The number of benzene rings is 2. The number of nitrogens with zero attached hydrogens (tertiary/aromatic N) is 2. The molecule has 7 nitrogen and oxygen atoms in total. The van der Waals surface area contributed by atoms with Gasteiger partial charge in [0.2, 0.25) is 0 Å². The van der Waals surface area contributed by atoms with Crippen LogP contribution in [0.3, 0.4) is 0 Å². The Balaban J connectivity index is 1.94. The number of thioether (sulfide) groups is 1. The molecule has 0 radical (unpaired) electrons. The molecule has 3 rings (SSSR count). The lowest BCUT2D eigenvalue weighted by atomic mass is 10.1. The van der Waals surface area contributed by atoms with Gasteiger partial charge >= 0.3 is 5.97 Å². The first kappa shape index (κ1) is 20.9. The van der Waals surface area contributed by atoms with Crippen LogP contribution in [0, 0.1) is 16.0 Å². The predicted molar refractivity (Wildman–Crippen MR) is 110 cm³/mol. The number of nitro groups is 1. The zero-order chi connectivity index (χ0) is 21.0. The monoisotopic (exact) mass is 414 g/mol. The lowest BCUT2D eigenvalue weighted by Crippen LogP contribution is -2.44. The van der Waals surface area contributed by atoms with Gasteiger partial charge in [-0.1, -0.05) is 50.2 Å². The van der Waals surface area contributed by atoms with Crippen molar-refractivity contribution in [2.24, 2.45) is 5.92 Å². The van der Waals surface area contributed by atoms with Crippen LogP contribution in [0.5, 0.6) is 0 Å². The molecule has 2 atom stereocenters. The van der Waals surface area contributed by atoms with E-state index in [1.807, 2.05) is 44.2 Å². The summed E-state index contributed by atoms with van der Waals surface area (Å²) >= 11 is 1.48. The molecule has 1 amide bonds. The van der Waals surface area contributed by atoms with E-state index in [4.69, 9.17) is 4.74 Å². The average molecular weight is 414 g/mol. The van der Waals surface area contributed by atoms with Gasteiger partial charge in [-0.25, -0.2) is 4.79 Å². The molecule has 0 aromatic heterocycles. The number of rotatable bonds is 6. The quantitative estimate of drug-likeness (QED) is 0.402.